The number of nitriles is 1. The van der Waals surface area contributed by atoms with Gasteiger partial charge in [-0.15, -0.1) is 11.3 Å². The van der Waals surface area contributed by atoms with Crippen LogP contribution >= 0.6 is 11.3 Å². The third-order valence-electron chi connectivity index (χ3n) is 3.97. The van der Waals surface area contributed by atoms with Crippen molar-refractivity contribution in [2.45, 2.75) is 40.3 Å². The lowest BCUT2D eigenvalue weighted by Gasteiger charge is -2.25. The van der Waals surface area contributed by atoms with E-state index in [4.69, 9.17) is 0 Å². The Morgan fingerprint density at radius 2 is 2.21 bits per heavy atom. The molecular weight excluding hydrogens is 322 g/mol. The molecule has 0 bridgehead atoms. The summed E-state index contributed by atoms with van der Waals surface area (Å²) in [6.07, 6.45) is 3.76. The number of hydrogen-bond donors (Lipinski definition) is 1. The fourth-order valence-corrected chi connectivity index (χ4v) is 3.44. The number of rotatable bonds is 6. The zero-order valence-corrected chi connectivity index (χ0v) is 15.6. The van der Waals surface area contributed by atoms with Crippen molar-refractivity contribution in [3.63, 3.8) is 0 Å². The molecule has 0 unspecified atom stereocenters. The number of thiophene rings is 1. The van der Waals surface area contributed by atoms with Crippen LogP contribution in [-0.4, -0.2) is 33.2 Å². The van der Waals surface area contributed by atoms with Crippen LogP contribution in [0.1, 0.15) is 35.4 Å². The Labute approximate surface area is 146 Å². The number of carbonyl (C=O) groups excluding carboxylic acids is 1. The molecule has 0 aromatic carbocycles. The van der Waals surface area contributed by atoms with Crippen LogP contribution in [0, 0.1) is 25.2 Å². The summed E-state index contributed by atoms with van der Waals surface area (Å²) in [7, 11) is 1.88. The average Bonchev–Trinajstić information content (AvgIpc) is 3.02. The van der Waals surface area contributed by atoms with Crippen molar-refractivity contribution in [2.75, 3.05) is 11.9 Å². The van der Waals surface area contributed by atoms with E-state index in [-0.39, 0.29) is 18.5 Å². The summed E-state index contributed by atoms with van der Waals surface area (Å²) in [5, 5.41) is 17.0. The first-order valence-corrected chi connectivity index (χ1v) is 8.65. The van der Waals surface area contributed by atoms with E-state index >= 15 is 0 Å². The van der Waals surface area contributed by atoms with E-state index in [0.717, 1.165) is 16.0 Å². The largest absolute Gasteiger partial charge is 0.315 e. The number of nitrogens with zero attached hydrogens (tertiary/aromatic N) is 4. The highest BCUT2D eigenvalue weighted by Crippen LogP contribution is 2.31. The van der Waals surface area contributed by atoms with Gasteiger partial charge in [0.05, 0.1) is 18.3 Å². The summed E-state index contributed by atoms with van der Waals surface area (Å²) in [4.78, 5) is 15.6. The molecule has 6 nitrogen and oxygen atoms in total. The van der Waals surface area contributed by atoms with E-state index in [1.54, 1.807) is 4.68 Å². The highest BCUT2D eigenvalue weighted by Gasteiger charge is 2.18. The number of carbonyl (C=O) groups is 1. The lowest BCUT2D eigenvalue weighted by Crippen LogP contribution is -2.37. The maximum atomic E-state index is 12.4. The molecule has 2 aromatic heterocycles. The molecule has 0 saturated carbocycles. The van der Waals surface area contributed by atoms with Crippen molar-refractivity contribution in [3.8, 4) is 6.07 Å². The zero-order chi connectivity index (χ0) is 17.9. The summed E-state index contributed by atoms with van der Waals surface area (Å²) < 4.78 is 1.75. The van der Waals surface area contributed by atoms with Crippen molar-refractivity contribution in [1.29, 1.82) is 5.26 Å². The topological polar surface area (TPSA) is 74.0 Å². The van der Waals surface area contributed by atoms with Gasteiger partial charge < -0.3 is 5.32 Å². The minimum atomic E-state index is -0.106. The van der Waals surface area contributed by atoms with Crippen molar-refractivity contribution in [1.82, 2.24) is 14.7 Å². The summed E-state index contributed by atoms with van der Waals surface area (Å²) in [5.41, 5.74) is 2.57. The molecule has 128 valence electrons. The number of anilines is 1. The van der Waals surface area contributed by atoms with Crippen molar-refractivity contribution in [2.24, 2.45) is 7.05 Å². The van der Waals surface area contributed by atoms with E-state index in [2.05, 4.69) is 35.2 Å². The van der Waals surface area contributed by atoms with Gasteiger partial charge in [-0.1, -0.05) is 0 Å². The van der Waals surface area contributed by atoms with Crippen molar-refractivity contribution >= 4 is 22.2 Å². The van der Waals surface area contributed by atoms with Gasteiger partial charge in [-0.25, -0.2) is 0 Å². The third-order valence-corrected chi connectivity index (χ3v) is 5.09. The molecule has 2 rings (SSSR count). The van der Waals surface area contributed by atoms with Crippen LogP contribution in [0.4, 0.5) is 5.00 Å². The maximum Gasteiger partial charge on any atom is 0.239 e. The third kappa shape index (κ3) is 4.22. The fraction of sp³-hybridized carbons (Fsp3) is 0.471. The molecule has 0 saturated heterocycles. The molecule has 0 aliphatic heterocycles. The van der Waals surface area contributed by atoms with Gasteiger partial charge in [-0.05, 0) is 33.3 Å². The van der Waals surface area contributed by atoms with Gasteiger partial charge in [0.25, 0.3) is 0 Å². The van der Waals surface area contributed by atoms with Gasteiger partial charge in [-0.3, -0.25) is 14.4 Å². The van der Waals surface area contributed by atoms with Crippen molar-refractivity contribution < 1.29 is 4.79 Å². The summed E-state index contributed by atoms with van der Waals surface area (Å²) in [6, 6.07) is 2.40. The molecule has 0 aliphatic rings. The molecule has 0 spiro atoms. The van der Waals surface area contributed by atoms with E-state index < -0.39 is 0 Å². The van der Waals surface area contributed by atoms with Crippen LogP contribution in [0.3, 0.4) is 0 Å². The number of aromatic nitrogens is 2. The highest BCUT2D eigenvalue weighted by atomic mass is 32.1. The second-order valence-electron chi connectivity index (χ2n) is 6.17. The molecule has 1 amide bonds. The summed E-state index contributed by atoms with van der Waals surface area (Å²) in [6.45, 7) is 8.91. The first-order valence-electron chi connectivity index (χ1n) is 7.83. The smallest absolute Gasteiger partial charge is 0.239 e. The lowest BCUT2D eigenvalue weighted by molar-refractivity contribution is -0.117. The Morgan fingerprint density at radius 1 is 1.50 bits per heavy atom. The molecule has 2 heterocycles. The first-order chi connectivity index (χ1) is 11.3. The van der Waals surface area contributed by atoms with E-state index in [1.165, 1.54) is 11.3 Å². The Hall–Kier alpha value is -2.17. The van der Waals surface area contributed by atoms with E-state index in [1.807, 2.05) is 33.3 Å². The van der Waals surface area contributed by atoms with Crippen LogP contribution in [0.15, 0.2) is 12.4 Å². The molecule has 1 N–H and O–H groups in total. The highest BCUT2D eigenvalue weighted by molar-refractivity contribution is 7.16. The zero-order valence-electron chi connectivity index (χ0n) is 14.8. The second kappa shape index (κ2) is 7.60. The molecule has 2 aromatic rings. The molecular formula is C17H23N5OS. The molecule has 0 atom stereocenters. The molecule has 24 heavy (non-hydrogen) atoms. The number of amides is 1. The minimum Gasteiger partial charge on any atom is -0.315 e. The predicted octanol–water partition coefficient (Wildman–Crippen LogP) is 2.82. The molecule has 7 heteroatoms. The monoisotopic (exact) mass is 345 g/mol. The van der Waals surface area contributed by atoms with Crippen LogP contribution in [-0.2, 0) is 18.4 Å². The standard InChI is InChI=1S/C17H23N5OS/c1-11(2)22(9-14-7-19-21(5)8-14)10-16(23)20-17-15(6-18)12(3)13(4)24-17/h7-8,11H,9-10H2,1-5H3,(H,20,23). The van der Waals surface area contributed by atoms with Crippen molar-refractivity contribution in [3.05, 3.63) is 34.0 Å². The fourth-order valence-electron chi connectivity index (χ4n) is 2.41. The average molecular weight is 345 g/mol. The van der Waals surface area contributed by atoms with E-state index in [9.17, 15) is 10.1 Å². The van der Waals surface area contributed by atoms with Gasteiger partial charge in [0.15, 0.2) is 0 Å². The first kappa shape index (κ1) is 18.2. The van der Waals surface area contributed by atoms with Gasteiger partial charge in [-0.2, -0.15) is 10.4 Å². The second-order valence-corrected chi connectivity index (χ2v) is 7.39. The van der Waals surface area contributed by atoms with Crippen LogP contribution < -0.4 is 5.32 Å². The summed E-state index contributed by atoms with van der Waals surface area (Å²) >= 11 is 1.45. The van der Waals surface area contributed by atoms with Crippen LogP contribution in [0.25, 0.3) is 0 Å². The SMILES string of the molecule is Cc1sc(NC(=O)CN(Cc2cnn(C)c2)C(C)C)c(C#N)c1C. The van der Waals surface area contributed by atoms with Crippen LogP contribution in [0.5, 0.6) is 0 Å². The Morgan fingerprint density at radius 3 is 2.75 bits per heavy atom. The normalized spacial score (nSPS) is 11.1. The Balaban J connectivity index is 2.06. The summed E-state index contributed by atoms with van der Waals surface area (Å²) in [5.74, 6) is -0.106. The predicted molar refractivity (Wildman–Crippen MR) is 95.9 cm³/mol. The van der Waals surface area contributed by atoms with Gasteiger partial charge in [0.2, 0.25) is 5.91 Å². The number of hydrogen-bond acceptors (Lipinski definition) is 5. The van der Waals surface area contributed by atoms with Gasteiger partial charge in [0.1, 0.15) is 11.1 Å². The number of nitrogens with one attached hydrogen (secondary N) is 1. The molecule has 0 radical (unpaired) electrons. The number of aryl methyl sites for hydroxylation is 2. The minimum absolute atomic E-state index is 0.106. The van der Waals surface area contributed by atoms with Gasteiger partial charge in [0, 0.05) is 36.3 Å². The Kier molecular flexibility index (Phi) is 5.75. The van der Waals surface area contributed by atoms with E-state index in [0.29, 0.717) is 17.1 Å². The maximum absolute atomic E-state index is 12.4. The molecule has 0 fully saturated rings. The Bertz CT molecular complexity index is 769. The quantitative estimate of drug-likeness (QED) is 0.873. The van der Waals surface area contributed by atoms with Gasteiger partial charge >= 0.3 is 0 Å². The lowest BCUT2D eigenvalue weighted by atomic mass is 10.2. The van der Waals surface area contributed by atoms with Crippen LogP contribution in [0.2, 0.25) is 0 Å². The molecule has 0 aliphatic carbocycles.